The molecule has 35 heavy (non-hydrogen) atoms. The van der Waals surface area contributed by atoms with Gasteiger partial charge in [0.1, 0.15) is 0 Å². The first-order chi connectivity index (χ1) is 14.2. The van der Waals surface area contributed by atoms with Crippen LogP contribution >= 0.6 is 15.6 Å². The molecule has 0 atom stereocenters. The molecule has 0 fully saturated rings. The van der Waals surface area contributed by atoms with Crippen LogP contribution in [0.1, 0.15) is 40.2 Å². The minimum atomic E-state index is -10.7. The first kappa shape index (κ1) is 38.7. The Morgan fingerprint density at radius 2 is 0.714 bits per heavy atom. The van der Waals surface area contributed by atoms with Gasteiger partial charge in [-0.05, 0) is 57.9 Å². The third kappa shape index (κ3) is 29.3. The molecule has 212 valence electrons. The number of aryl methyl sites for hydroxylation is 1. The van der Waals surface area contributed by atoms with Crippen molar-refractivity contribution in [3.63, 3.8) is 0 Å². The summed E-state index contributed by atoms with van der Waals surface area (Å²) in [5, 5.41) is 0. The van der Waals surface area contributed by atoms with Crippen molar-refractivity contribution in [2.24, 2.45) is 0 Å². The number of hydrogen-bond donors (Lipinski definition) is 0. The van der Waals surface area contributed by atoms with E-state index in [1.54, 1.807) is 0 Å². The average Bonchev–Trinajstić information content (AvgIpc) is 2.68. The molecule has 0 aliphatic heterocycles. The second-order valence-electron chi connectivity index (χ2n) is 7.77. The third-order valence-electron chi connectivity index (χ3n) is 4.36. The maximum Gasteiger partial charge on any atom is 2.00 e. The number of rotatable bonds is 1. The molecule has 2 rings (SSSR count). The van der Waals surface area contributed by atoms with Crippen LogP contribution in [0.4, 0.5) is 56.1 Å². The molecule has 1 aliphatic carbocycles. The van der Waals surface area contributed by atoms with Crippen LogP contribution in [0.5, 0.6) is 0 Å². The molecule has 0 heterocycles. The molecule has 0 unspecified atom stereocenters. The molecule has 0 N–H and O–H groups in total. The number of halogens is 12. The summed E-state index contributed by atoms with van der Waals surface area (Å²) in [5.74, 6) is 1.47. The van der Waals surface area contributed by atoms with Crippen molar-refractivity contribution in [2.75, 3.05) is 19.0 Å². The second kappa shape index (κ2) is 10.5. The fourth-order valence-corrected chi connectivity index (χ4v) is 2.25. The van der Waals surface area contributed by atoms with Crippen LogP contribution in [0.15, 0.2) is 46.6 Å². The van der Waals surface area contributed by atoms with Crippen LogP contribution in [0.25, 0.3) is 0 Å². The molecule has 0 amide bonds. The zero-order valence-corrected chi connectivity index (χ0v) is 23.4. The number of anilines is 1. The smallest absolute Gasteiger partial charge is 2.00 e. The van der Waals surface area contributed by atoms with Crippen molar-refractivity contribution in [3.05, 3.63) is 58.0 Å². The van der Waals surface area contributed by atoms with E-state index in [0.29, 0.717) is 0 Å². The zero-order chi connectivity index (χ0) is 28.3. The molecule has 0 bridgehead atoms. The van der Waals surface area contributed by atoms with Gasteiger partial charge < -0.3 is 4.90 Å². The Labute approximate surface area is 209 Å². The van der Waals surface area contributed by atoms with E-state index in [2.05, 4.69) is 70.7 Å². The van der Waals surface area contributed by atoms with Gasteiger partial charge in [0.05, 0.1) is 0 Å². The van der Waals surface area contributed by atoms with Gasteiger partial charge in [-0.1, -0.05) is 35.8 Å². The van der Waals surface area contributed by atoms with Crippen LogP contribution in [0.2, 0.25) is 0 Å². The van der Waals surface area contributed by atoms with E-state index in [9.17, 15) is 50.4 Å². The second-order valence-corrected chi connectivity index (χ2v) is 11.6. The van der Waals surface area contributed by atoms with Crippen LogP contribution in [0.3, 0.4) is 0 Å². The minimum Gasteiger partial charge on any atom is 2.00 e. The predicted octanol–water partition coefficient (Wildman–Crippen LogP) is 12.1. The molecule has 0 spiro atoms. The molecular weight excluding hydrogens is 635 g/mol. The van der Waals surface area contributed by atoms with Gasteiger partial charge in [0.2, 0.25) is 0 Å². The summed E-state index contributed by atoms with van der Waals surface area (Å²) < 4.78 is 118. The summed E-state index contributed by atoms with van der Waals surface area (Å²) in [6.45, 7) is 13.1. The fraction of sp³-hybridized carbons (Fsp3) is 0.421. The van der Waals surface area contributed by atoms with Gasteiger partial charge in [-0.15, -0.1) is 0 Å². The molecule has 0 saturated carbocycles. The quantitative estimate of drug-likeness (QED) is 0.164. The Kier molecular flexibility index (Phi) is 11.6. The monoisotopic (exact) mass is 663 g/mol. The van der Waals surface area contributed by atoms with Crippen LogP contribution in [-0.2, 0) is 19.5 Å². The summed E-state index contributed by atoms with van der Waals surface area (Å²) >= 11 is 0. The van der Waals surface area contributed by atoms with Gasteiger partial charge >= 0.3 is 85.5 Å². The van der Waals surface area contributed by atoms with E-state index in [1.807, 2.05) is 14.1 Å². The van der Waals surface area contributed by atoms with Crippen molar-refractivity contribution >= 4 is 21.3 Å². The normalized spacial score (nSPS) is 18.1. The molecule has 1 nitrogen and oxygen atoms in total. The van der Waals surface area contributed by atoms with E-state index in [-0.39, 0.29) is 19.5 Å². The van der Waals surface area contributed by atoms with Crippen LogP contribution in [-0.4, -0.2) is 14.1 Å². The first-order valence-electron chi connectivity index (χ1n) is 9.22. The molecule has 2 radical (unpaired) electrons. The zero-order valence-electron chi connectivity index (χ0n) is 20.0. The van der Waals surface area contributed by atoms with Crippen molar-refractivity contribution in [1.82, 2.24) is 0 Å². The Morgan fingerprint density at radius 3 is 0.857 bits per heavy atom. The average molecular weight is 663 g/mol. The maximum atomic E-state index is 9.87. The van der Waals surface area contributed by atoms with Crippen molar-refractivity contribution in [3.8, 4) is 0 Å². The molecule has 16 heteroatoms. The molecule has 0 aromatic heterocycles. The summed E-state index contributed by atoms with van der Waals surface area (Å²) in [6.07, 6.45) is 0. The van der Waals surface area contributed by atoms with Crippen molar-refractivity contribution in [2.45, 2.75) is 41.5 Å². The van der Waals surface area contributed by atoms with Gasteiger partial charge in [0.15, 0.2) is 0 Å². The first-order valence-corrected chi connectivity index (χ1v) is 13.3. The minimum absolute atomic E-state index is 0. The summed E-state index contributed by atoms with van der Waals surface area (Å²) in [6, 6.07) is 8.48. The van der Waals surface area contributed by atoms with Crippen molar-refractivity contribution in [1.29, 1.82) is 0 Å². The van der Waals surface area contributed by atoms with Gasteiger partial charge in [-0.25, -0.2) is 0 Å². The predicted molar refractivity (Wildman–Crippen MR) is 118 cm³/mol. The Hall–Kier alpha value is -0.857. The summed E-state index contributed by atoms with van der Waals surface area (Å²) in [4.78, 5) is 2.10. The number of benzene rings is 1. The molecular formula is C19H28F12NP2Rh. The Morgan fingerprint density at radius 1 is 0.486 bits per heavy atom. The van der Waals surface area contributed by atoms with E-state index in [4.69, 9.17) is 0 Å². The fourth-order valence-electron chi connectivity index (χ4n) is 2.25. The number of allylic oxidation sites excluding steroid dienone is 4. The maximum absolute atomic E-state index is 10.7. The standard InChI is InChI=1S/C10H15.C9H13N.2F6P.Rh/c1-6-7(2)9(4)10(5)8(6)3;1-8-4-6-9(7-5-8)10(2)3;2*1-7(2,3,4,5)6;/h1-5H3;4-7H,1-3H3;;;/q;;2*-1;+2. The molecule has 1 aromatic rings. The Balaban J connectivity index is -0.000000393. The van der Waals surface area contributed by atoms with Crippen molar-refractivity contribution < 1.29 is 69.8 Å². The van der Waals surface area contributed by atoms with E-state index < -0.39 is 15.6 Å². The van der Waals surface area contributed by atoms with Gasteiger partial charge in [0.25, 0.3) is 0 Å². The topological polar surface area (TPSA) is 3.24 Å². The molecule has 1 aliphatic rings. The number of nitrogens with zero attached hydrogens (tertiary/aromatic N) is 1. The van der Waals surface area contributed by atoms with E-state index in [0.717, 1.165) is 0 Å². The summed E-state index contributed by atoms with van der Waals surface area (Å²) in [5.41, 5.74) is 8.44. The van der Waals surface area contributed by atoms with Crippen LogP contribution in [0, 0.1) is 12.8 Å². The van der Waals surface area contributed by atoms with Gasteiger partial charge in [-0.2, -0.15) is 0 Å². The van der Waals surface area contributed by atoms with Gasteiger partial charge in [-0.3, -0.25) is 0 Å². The number of hydrogen-bond acceptors (Lipinski definition) is 1. The van der Waals surface area contributed by atoms with Crippen LogP contribution < -0.4 is 4.90 Å². The van der Waals surface area contributed by atoms with E-state index >= 15 is 0 Å². The third-order valence-corrected chi connectivity index (χ3v) is 4.36. The molecule has 0 saturated heterocycles. The SMILES string of the molecule is C[C]1C(C)=C(C)C(C)=C1C.Cc1ccc(N(C)C)cc1.F[P-](F)(F)(F)(F)F.F[P-](F)(F)(F)(F)F.[Rh+2]. The largest absolute Gasteiger partial charge is 2.00 e. The van der Waals surface area contributed by atoms with E-state index in [1.165, 1.54) is 39.5 Å². The summed E-state index contributed by atoms with van der Waals surface area (Å²) in [7, 11) is -17.2. The Bertz CT molecular complexity index is 839. The van der Waals surface area contributed by atoms with Gasteiger partial charge in [0, 0.05) is 25.7 Å². The molecule has 1 aromatic carbocycles.